The number of halogens is 1. The first-order valence-corrected chi connectivity index (χ1v) is 11.8. The van der Waals surface area contributed by atoms with Crippen molar-refractivity contribution >= 4 is 40.0 Å². The molecule has 0 saturated carbocycles. The predicted molar refractivity (Wildman–Crippen MR) is 139 cm³/mol. The largest absolute Gasteiger partial charge is 0.412 e. The van der Waals surface area contributed by atoms with Crippen LogP contribution in [0.5, 0.6) is 0 Å². The molecular formula is C26H24ClN3O3S. The van der Waals surface area contributed by atoms with Crippen molar-refractivity contribution in [1.29, 1.82) is 0 Å². The number of hydrogen-bond acceptors (Lipinski definition) is 2. The molecule has 0 aliphatic rings. The first-order valence-electron chi connectivity index (χ1n) is 10.3. The van der Waals surface area contributed by atoms with Gasteiger partial charge in [0, 0.05) is 22.9 Å². The molecule has 4 aromatic carbocycles. The summed E-state index contributed by atoms with van der Waals surface area (Å²) >= 11 is 6.11. The van der Waals surface area contributed by atoms with E-state index in [9.17, 15) is 9.00 Å². The number of carbonyl (C=O) groups excluding carboxylic acids is 1. The van der Waals surface area contributed by atoms with Crippen LogP contribution >= 0.6 is 11.6 Å². The van der Waals surface area contributed by atoms with Crippen LogP contribution in [-0.4, -0.2) is 15.7 Å². The molecule has 0 fully saturated rings. The van der Waals surface area contributed by atoms with E-state index in [4.69, 9.17) is 11.6 Å². The maximum Gasteiger partial charge on any atom is 0.319 e. The number of nitrogens with one attached hydrogen (secondary N) is 3. The van der Waals surface area contributed by atoms with E-state index >= 15 is 0 Å². The van der Waals surface area contributed by atoms with E-state index in [1.165, 1.54) is 0 Å². The maximum atomic E-state index is 13.0. The minimum absolute atomic E-state index is 0. The van der Waals surface area contributed by atoms with Crippen molar-refractivity contribution in [2.24, 2.45) is 0 Å². The Labute approximate surface area is 205 Å². The molecule has 4 aromatic rings. The van der Waals surface area contributed by atoms with E-state index < -0.39 is 11.0 Å². The second-order valence-corrected chi connectivity index (χ2v) is 8.80. The fourth-order valence-electron chi connectivity index (χ4n) is 3.26. The Kier molecular flexibility index (Phi) is 8.81. The Balaban J connectivity index is 0.00000324. The summed E-state index contributed by atoms with van der Waals surface area (Å²) in [6, 6.07) is 31.5. The lowest BCUT2D eigenvalue weighted by Crippen LogP contribution is -2.28. The number of benzene rings is 4. The van der Waals surface area contributed by atoms with E-state index in [-0.39, 0.29) is 11.5 Å². The van der Waals surface area contributed by atoms with Gasteiger partial charge in [-0.2, -0.15) is 0 Å². The smallest absolute Gasteiger partial charge is 0.319 e. The molecule has 0 spiro atoms. The van der Waals surface area contributed by atoms with Crippen molar-refractivity contribution in [1.82, 2.24) is 5.32 Å². The molecule has 1 unspecified atom stereocenters. The number of anilines is 2. The molecule has 0 aliphatic carbocycles. The van der Waals surface area contributed by atoms with Crippen LogP contribution in [0.15, 0.2) is 108 Å². The molecule has 0 saturated heterocycles. The van der Waals surface area contributed by atoms with E-state index in [1.54, 1.807) is 30.3 Å². The van der Waals surface area contributed by atoms with Crippen LogP contribution in [0.4, 0.5) is 16.2 Å². The van der Waals surface area contributed by atoms with Crippen LogP contribution in [0.2, 0.25) is 5.02 Å². The molecule has 1 atom stereocenters. The van der Waals surface area contributed by atoms with Crippen molar-refractivity contribution in [3.8, 4) is 11.1 Å². The second kappa shape index (κ2) is 12.0. The molecular weight excluding hydrogens is 470 g/mol. The summed E-state index contributed by atoms with van der Waals surface area (Å²) in [6.45, 7) is 0.324. The van der Waals surface area contributed by atoms with Gasteiger partial charge in [0.05, 0.1) is 4.90 Å². The molecule has 0 heterocycles. The molecule has 8 heteroatoms. The minimum atomic E-state index is -1.45. The lowest BCUT2D eigenvalue weighted by atomic mass is 10.1. The fraction of sp³-hybridized carbons (Fsp3) is 0.0385. The van der Waals surface area contributed by atoms with Crippen molar-refractivity contribution in [3.63, 3.8) is 0 Å². The summed E-state index contributed by atoms with van der Waals surface area (Å²) in [7, 11) is -1.45. The molecule has 0 aliphatic heterocycles. The summed E-state index contributed by atoms with van der Waals surface area (Å²) in [4.78, 5) is 12.9. The van der Waals surface area contributed by atoms with Crippen molar-refractivity contribution in [2.45, 2.75) is 11.4 Å². The monoisotopic (exact) mass is 493 g/mol. The Morgan fingerprint density at radius 3 is 2.12 bits per heavy atom. The highest BCUT2D eigenvalue weighted by Crippen LogP contribution is 2.27. The van der Waals surface area contributed by atoms with Gasteiger partial charge in [0.15, 0.2) is 11.0 Å². The molecule has 174 valence electrons. The quantitative estimate of drug-likeness (QED) is 0.310. The zero-order valence-electron chi connectivity index (χ0n) is 18.1. The first-order chi connectivity index (χ1) is 16.1. The SMILES string of the molecule is O.O=C(NCc1ccccc1Cl)Nc1ccc(NS(=O)c2ccccc2-c2ccccc2)cc1. The van der Waals surface area contributed by atoms with Crippen LogP contribution in [0.3, 0.4) is 0 Å². The van der Waals surface area contributed by atoms with E-state index in [2.05, 4.69) is 15.4 Å². The van der Waals surface area contributed by atoms with Gasteiger partial charge in [-0.25, -0.2) is 9.00 Å². The van der Waals surface area contributed by atoms with Gasteiger partial charge in [-0.05, 0) is 53.1 Å². The standard InChI is InChI=1S/C26H22ClN3O2S.H2O/c27-24-12-6-4-10-20(24)18-28-26(31)29-21-14-16-22(17-15-21)30-33(32)25-13-7-5-11-23(25)19-8-2-1-3-9-19;/h1-17,30H,18H2,(H2,28,29,31);1H2. The zero-order valence-corrected chi connectivity index (χ0v) is 19.7. The molecule has 4 rings (SSSR count). The van der Waals surface area contributed by atoms with Gasteiger partial charge in [0.1, 0.15) is 0 Å². The van der Waals surface area contributed by atoms with Gasteiger partial charge >= 0.3 is 6.03 Å². The Hall–Kier alpha value is -3.65. The van der Waals surface area contributed by atoms with Gasteiger partial charge in [-0.15, -0.1) is 0 Å². The number of hydrogen-bond donors (Lipinski definition) is 3. The average Bonchev–Trinajstić information content (AvgIpc) is 2.85. The van der Waals surface area contributed by atoms with E-state index in [0.717, 1.165) is 16.7 Å². The summed E-state index contributed by atoms with van der Waals surface area (Å²) < 4.78 is 16.1. The number of carbonyl (C=O) groups is 1. The van der Waals surface area contributed by atoms with Gasteiger partial charge < -0.3 is 20.8 Å². The molecule has 0 bridgehead atoms. The van der Waals surface area contributed by atoms with Crippen LogP contribution in [-0.2, 0) is 17.5 Å². The number of urea groups is 1. The fourth-order valence-corrected chi connectivity index (χ4v) is 4.51. The third kappa shape index (κ3) is 6.45. The molecule has 0 radical (unpaired) electrons. The summed E-state index contributed by atoms with van der Waals surface area (Å²) in [5, 5.41) is 6.16. The Morgan fingerprint density at radius 1 is 0.765 bits per heavy atom. The van der Waals surface area contributed by atoms with Crippen molar-refractivity contribution in [3.05, 3.63) is 114 Å². The third-order valence-corrected chi connectivity index (χ3v) is 6.47. The van der Waals surface area contributed by atoms with E-state index in [0.29, 0.717) is 27.8 Å². The molecule has 0 aromatic heterocycles. The van der Waals surface area contributed by atoms with Gasteiger partial charge in [-0.3, -0.25) is 0 Å². The maximum absolute atomic E-state index is 13.0. The van der Waals surface area contributed by atoms with Gasteiger partial charge in [-0.1, -0.05) is 78.3 Å². The lowest BCUT2D eigenvalue weighted by Gasteiger charge is -2.12. The normalized spacial score (nSPS) is 11.1. The predicted octanol–water partition coefficient (Wildman–Crippen LogP) is 5.64. The summed E-state index contributed by atoms with van der Waals surface area (Å²) in [5.41, 5.74) is 4.06. The Bertz CT molecular complexity index is 1270. The minimum Gasteiger partial charge on any atom is -0.412 e. The molecule has 34 heavy (non-hydrogen) atoms. The van der Waals surface area contributed by atoms with Crippen molar-refractivity contribution in [2.75, 3.05) is 10.0 Å². The number of amides is 2. The average molecular weight is 494 g/mol. The second-order valence-electron chi connectivity index (χ2n) is 7.21. The van der Waals surface area contributed by atoms with Crippen molar-refractivity contribution < 1.29 is 14.5 Å². The number of rotatable bonds is 7. The Morgan fingerprint density at radius 2 is 1.38 bits per heavy atom. The zero-order chi connectivity index (χ0) is 23.0. The van der Waals surface area contributed by atoms with Crippen LogP contribution in [0, 0.1) is 0 Å². The third-order valence-electron chi connectivity index (χ3n) is 4.92. The van der Waals surface area contributed by atoms with Crippen LogP contribution in [0.25, 0.3) is 11.1 Å². The summed E-state index contributed by atoms with van der Waals surface area (Å²) in [5.74, 6) is 0. The van der Waals surface area contributed by atoms with Gasteiger partial charge in [0.2, 0.25) is 0 Å². The molecule has 5 N–H and O–H groups in total. The highest BCUT2D eigenvalue weighted by atomic mass is 35.5. The summed E-state index contributed by atoms with van der Waals surface area (Å²) in [6.07, 6.45) is 0. The highest BCUT2D eigenvalue weighted by molar-refractivity contribution is 7.86. The first kappa shape index (κ1) is 25.0. The molecule has 6 nitrogen and oxygen atoms in total. The van der Waals surface area contributed by atoms with Crippen LogP contribution < -0.4 is 15.4 Å². The van der Waals surface area contributed by atoms with Gasteiger partial charge in [0.25, 0.3) is 0 Å². The van der Waals surface area contributed by atoms with E-state index in [1.807, 2.05) is 72.8 Å². The topological polar surface area (TPSA) is 102 Å². The lowest BCUT2D eigenvalue weighted by molar-refractivity contribution is 0.251. The van der Waals surface area contributed by atoms with Crippen LogP contribution in [0.1, 0.15) is 5.56 Å². The molecule has 2 amide bonds. The highest BCUT2D eigenvalue weighted by Gasteiger charge is 2.11.